The molecule has 4 heteroatoms. The van der Waals surface area contributed by atoms with Gasteiger partial charge in [-0.1, -0.05) is 0 Å². The standard InChI is InChI=1S/C9H15NO3/c1-6-4-9(13-3-2-11)7(10)5-8(6)12/h4,8,11-12H,2-3,5,10H2,1H3. The summed E-state index contributed by atoms with van der Waals surface area (Å²) < 4.78 is 5.18. The molecule has 13 heavy (non-hydrogen) atoms. The topological polar surface area (TPSA) is 75.7 Å². The zero-order valence-corrected chi connectivity index (χ0v) is 7.66. The maximum Gasteiger partial charge on any atom is 0.138 e. The van der Waals surface area contributed by atoms with Crippen LogP contribution in [0.25, 0.3) is 0 Å². The van der Waals surface area contributed by atoms with E-state index in [0.717, 1.165) is 5.57 Å². The number of hydrogen-bond donors (Lipinski definition) is 3. The van der Waals surface area contributed by atoms with Gasteiger partial charge in [-0.2, -0.15) is 0 Å². The summed E-state index contributed by atoms with van der Waals surface area (Å²) in [7, 11) is 0. The molecule has 0 aromatic carbocycles. The molecule has 1 aliphatic carbocycles. The maximum absolute atomic E-state index is 9.40. The molecule has 1 atom stereocenters. The highest BCUT2D eigenvalue weighted by Crippen LogP contribution is 2.21. The van der Waals surface area contributed by atoms with Crippen LogP contribution in [0.15, 0.2) is 23.1 Å². The Kier molecular flexibility index (Phi) is 3.33. The minimum atomic E-state index is -0.499. The summed E-state index contributed by atoms with van der Waals surface area (Å²) in [5.41, 5.74) is 7.01. The smallest absolute Gasteiger partial charge is 0.138 e. The molecule has 1 unspecified atom stereocenters. The zero-order valence-electron chi connectivity index (χ0n) is 7.66. The molecule has 4 N–H and O–H groups in total. The third-order valence-electron chi connectivity index (χ3n) is 1.96. The molecule has 0 radical (unpaired) electrons. The molecule has 1 aliphatic rings. The number of hydrogen-bond acceptors (Lipinski definition) is 4. The van der Waals surface area contributed by atoms with Gasteiger partial charge < -0.3 is 20.7 Å². The Balaban J connectivity index is 2.67. The summed E-state index contributed by atoms with van der Waals surface area (Å²) in [4.78, 5) is 0. The van der Waals surface area contributed by atoms with Gasteiger partial charge in [0.1, 0.15) is 12.4 Å². The summed E-state index contributed by atoms with van der Waals surface area (Å²) in [6.07, 6.45) is 1.61. The molecular formula is C9H15NO3. The van der Waals surface area contributed by atoms with E-state index in [4.69, 9.17) is 15.6 Å². The Labute approximate surface area is 77.3 Å². The van der Waals surface area contributed by atoms with E-state index in [2.05, 4.69) is 0 Å². The van der Waals surface area contributed by atoms with Crippen LogP contribution in [0.5, 0.6) is 0 Å². The van der Waals surface area contributed by atoms with Crippen LogP contribution in [-0.2, 0) is 4.74 Å². The van der Waals surface area contributed by atoms with E-state index < -0.39 is 6.10 Å². The van der Waals surface area contributed by atoms with Crippen molar-refractivity contribution in [3.63, 3.8) is 0 Å². The van der Waals surface area contributed by atoms with E-state index in [1.165, 1.54) is 0 Å². The molecule has 0 aliphatic heterocycles. The van der Waals surface area contributed by atoms with Crippen LogP contribution >= 0.6 is 0 Å². The van der Waals surface area contributed by atoms with Crippen molar-refractivity contribution in [3.8, 4) is 0 Å². The van der Waals surface area contributed by atoms with Gasteiger partial charge in [0.2, 0.25) is 0 Å². The molecule has 1 rings (SSSR count). The largest absolute Gasteiger partial charge is 0.489 e. The minimum absolute atomic E-state index is 0.0355. The fourth-order valence-electron chi connectivity index (χ4n) is 1.16. The Morgan fingerprint density at radius 3 is 3.00 bits per heavy atom. The monoisotopic (exact) mass is 185 g/mol. The molecule has 0 bridgehead atoms. The minimum Gasteiger partial charge on any atom is -0.489 e. The second kappa shape index (κ2) is 4.30. The van der Waals surface area contributed by atoms with Crippen LogP contribution in [0.2, 0.25) is 0 Å². The van der Waals surface area contributed by atoms with Crippen LogP contribution in [0.1, 0.15) is 13.3 Å². The maximum atomic E-state index is 9.40. The number of aliphatic hydroxyl groups is 2. The first kappa shape index (κ1) is 10.1. The number of aliphatic hydroxyl groups excluding tert-OH is 2. The fourth-order valence-corrected chi connectivity index (χ4v) is 1.16. The second-order valence-electron chi connectivity index (χ2n) is 3.07. The molecule has 0 fully saturated rings. The Bertz CT molecular complexity index is 245. The van der Waals surface area contributed by atoms with Crippen LogP contribution in [0, 0.1) is 0 Å². The first-order valence-corrected chi connectivity index (χ1v) is 4.23. The van der Waals surface area contributed by atoms with E-state index in [9.17, 15) is 5.11 Å². The van der Waals surface area contributed by atoms with Crippen LogP contribution in [0.4, 0.5) is 0 Å². The number of rotatable bonds is 3. The average molecular weight is 185 g/mol. The molecule has 0 aromatic heterocycles. The highest BCUT2D eigenvalue weighted by Gasteiger charge is 2.17. The highest BCUT2D eigenvalue weighted by molar-refractivity contribution is 5.30. The number of nitrogens with two attached hydrogens (primary N) is 1. The molecule has 0 saturated heterocycles. The van der Waals surface area contributed by atoms with Crippen molar-refractivity contribution in [1.29, 1.82) is 0 Å². The lowest BCUT2D eigenvalue weighted by Gasteiger charge is -2.20. The van der Waals surface area contributed by atoms with Gasteiger partial charge in [-0.15, -0.1) is 0 Å². The van der Waals surface area contributed by atoms with E-state index in [0.29, 0.717) is 17.9 Å². The number of allylic oxidation sites excluding steroid dienone is 1. The van der Waals surface area contributed by atoms with Crippen molar-refractivity contribution in [2.45, 2.75) is 19.4 Å². The lowest BCUT2D eigenvalue weighted by Crippen LogP contribution is -2.20. The molecule has 0 aromatic rings. The zero-order chi connectivity index (χ0) is 9.84. The highest BCUT2D eigenvalue weighted by atomic mass is 16.5. The normalized spacial score (nSPS) is 23.0. The van der Waals surface area contributed by atoms with Crippen molar-refractivity contribution < 1.29 is 14.9 Å². The van der Waals surface area contributed by atoms with Gasteiger partial charge in [0, 0.05) is 6.42 Å². The second-order valence-corrected chi connectivity index (χ2v) is 3.07. The van der Waals surface area contributed by atoms with Gasteiger partial charge in [0.05, 0.1) is 18.4 Å². The SMILES string of the molecule is CC1=CC(OCCO)=C(N)CC1O. The quantitative estimate of drug-likeness (QED) is 0.573. The molecule has 0 saturated carbocycles. The van der Waals surface area contributed by atoms with E-state index in [1.807, 2.05) is 6.92 Å². The van der Waals surface area contributed by atoms with Crippen LogP contribution < -0.4 is 5.73 Å². The van der Waals surface area contributed by atoms with Crippen molar-refractivity contribution >= 4 is 0 Å². The van der Waals surface area contributed by atoms with Crippen LogP contribution in [-0.4, -0.2) is 29.5 Å². The van der Waals surface area contributed by atoms with E-state index in [-0.39, 0.29) is 13.2 Å². The summed E-state index contributed by atoms with van der Waals surface area (Å²) in [5.74, 6) is 0.567. The Morgan fingerprint density at radius 2 is 2.38 bits per heavy atom. The first-order chi connectivity index (χ1) is 6.15. The molecule has 0 amide bonds. The lowest BCUT2D eigenvalue weighted by atomic mass is 10.00. The molecule has 0 heterocycles. The summed E-state index contributed by atoms with van der Waals surface area (Å²) in [6, 6.07) is 0. The van der Waals surface area contributed by atoms with Gasteiger partial charge in [-0.25, -0.2) is 0 Å². The fraction of sp³-hybridized carbons (Fsp3) is 0.556. The van der Waals surface area contributed by atoms with Gasteiger partial charge in [0.15, 0.2) is 0 Å². The predicted molar refractivity (Wildman–Crippen MR) is 48.6 cm³/mol. The number of ether oxygens (including phenoxy) is 1. The van der Waals surface area contributed by atoms with Gasteiger partial charge >= 0.3 is 0 Å². The molecule has 4 nitrogen and oxygen atoms in total. The van der Waals surface area contributed by atoms with Crippen molar-refractivity contribution in [1.82, 2.24) is 0 Å². The van der Waals surface area contributed by atoms with Gasteiger partial charge in [0.25, 0.3) is 0 Å². The summed E-state index contributed by atoms with van der Waals surface area (Å²) in [5, 5.41) is 17.9. The van der Waals surface area contributed by atoms with Crippen LogP contribution in [0.3, 0.4) is 0 Å². The molecule has 0 spiro atoms. The summed E-state index contributed by atoms with van der Waals surface area (Å²) in [6.45, 7) is 2.02. The van der Waals surface area contributed by atoms with Gasteiger partial charge in [-0.05, 0) is 18.6 Å². The molecule has 74 valence electrons. The lowest BCUT2D eigenvalue weighted by molar-refractivity contribution is 0.142. The third kappa shape index (κ3) is 2.47. The van der Waals surface area contributed by atoms with E-state index >= 15 is 0 Å². The van der Waals surface area contributed by atoms with E-state index in [1.54, 1.807) is 6.08 Å². The van der Waals surface area contributed by atoms with Gasteiger partial charge in [-0.3, -0.25) is 0 Å². The average Bonchev–Trinajstić information content (AvgIpc) is 2.09. The third-order valence-corrected chi connectivity index (χ3v) is 1.96. The first-order valence-electron chi connectivity index (χ1n) is 4.23. The van der Waals surface area contributed by atoms with Crippen molar-refractivity contribution in [2.24, 2.45) is 5.73 Å². The van der Waals surface area contributed by atoms with Crippen molar-refractivity contribution in [2.75, 3.05) is 13.2 Å². The predicted octanol–water partition coefficient (Wildman–Crippen LogP) is -0.123. The molecular weight excluding hydrogens is 170 g/mol. The summed E-state index contributed by atoms with van der Waals surface area (Å²) >= 11 is 0. The van der Waals surface area contributed by atoms with Crippen molar-refractivity contribution in [3.05, 3.63) is 23.1 Å². The Hall–Kier alpha value is -1.00. The Morgan fingerprint density at radius 1 is 1.69 bits per heavy atom.